The number of nitrogens with zero attached hydrogens (tertiary/aromatic N) is 3. The molecule has 0 unspecified atom stereocenters. The van der Waals surface area contributed by atoms with Crippen LogP contribution in [0.5, 0.6) is 0 Å². The Morgan fingerprint density at radius 3 is 2.90 bits per heavy atom. The van der Waals surface area contributed by atoms with Crippen LogP contribution >= 0.6 is 0 Å². The third kappa shape index (κ3) is 3.26. The van der Waals surface area contributed by atoms with Crippen LogP contribution in [0.4, 0.5) is 4.39 Å². The van der Waals surface area contributed by atoms with E-state index in [0.717, 1.165) is 6.07 Å². The van der Waals surface area contributed by atoms with E-state index < -0.39 is 5.82 Å². The van der Waals surface area contributed by atoms with Gasteiger partial charge < -0.3 is 5.32 Å². The summed E-state index contributed by atoms with van der Waals surface area (Å²) >= 11 is 0. The molecule has 0 fully saturated rings. The summed E-state index contributed by atoms with van der Waals surface area (Å²) in [7, 11) is 1.75. The highest BCUT2D eigenvalue weighted by Crippen LogP contribution is 2.11. The van der Waals surface area contributed by atoms with E-state index in [2.05, 4.69) is 10.4 Å². The molecule has 0 saturated heterocycles. The van der Waals surface area contributed by atoms with E-state index >= 15 is 0 Å². The number of halogens is 1. The van der Waals surface area contributed by atoms with Gasteiger partial charge in [0.05, 0.1) is 22.9 Å². The third-order valence-corrected chi connectivity index (χ3v) is 3.11. The predicted octanol–water partition coefficient (Wildman–Crippen LogP) is 1.92. The molecule has 0 spiro atoms. The number of carbonyl (C=O) groups is 1. The van der Waals surface area contributed by atoms with Crippen LogP contribution in [0, 0.1) is 17.1 Å². The lowest BCUT2D eigenvalue weighted by Gasteiger charge is -2.06. The van der Waals surface area contributed by atoms with Crippen LogP contribution in [0.2, 0.25) is 0 Å². The van der Waals surface area contributed by atoms with E-state index in [1.54, 1.807) is 17.9 Å². The zero-order valence-electron chi connectivity index (χ0n) is 11.9. The number of nitriles is 1. The molecule has 2 rings (SSSR count). The van der Waals surface area contributed by atoms with Gasteiger partial charge in [-0.3, -0.25) is 9.48 Å². The average Bonchev–Trinajstić information content (AvgIpc) is 2.86. The van der Waals surface area contributed by atoms with Crippen LogP contribution in [-0.2, 0) is 20.0 Å². The summed E-state index contributed by atoms with van der Waals surface area (Å²) in [6.45, 7) is 1.98. The summed E-state index contributed by atoms with van der Waals surface area (Å²) < 4.78 is 15.3. The molecule has 0 aliphatic carbocycles. The molecular weight excluding hydrogens is 271 g/mol. The fraction of sp³-hybridized carbons (Fsp3) is 0.267. The lowest BCUT2D eigenvalue weighted by Crippen LogP contribution is -2.24. The largest absolute Gasteiger partial charge is 0.348 e. The van der Waals surface area contributed by atoms with Crippen LogP contribution in [0.1, 0.15) is 34.1 Å². The van der Waals surface area contributed by atoms with Crippen LogP contribution in [0.15, 0.2) is 24.4 Å². The van der Waals surface area contributed by atoms with E-state index in [-0.39, 0.29) is 18.0 Å². The molecule has 0 aliphatic heterocycles. The topological polar surface area (TPSA) is 70.7 Å². The number of amides is 1. The number of aromatic nitrogens is 2. The van der Waals surface area contributed by atoms with Gasteiger partial charge >= 0.3 is 0 Å². The van der Waals surface area contributed by atoms with Crippen molar-refractivity contribution in [2.24, 2.45) is 7.05 Å². The second kappa shape index (κ2) is 6.18. The molecule has 0 radical (unpaired) electrons. The molecule has 1 heterocycles. The van der Waals surface area contributed by atoms with Gasteiger partial charge in [-0.15, -0.1) is 0 Å². The number of carbonyl (C=O) groups excluding carboxylic acids is 1. The van der Waals surface area contributed by atoms with Crippen LogP contribution < -0.4 is 5.32 Å². The van der Waals surface area contributed by atoms with E-state index in [4.69, 9.17) is 5.26 Å². The van der Waals surface area contributed by atoms with Gasteiger partial charge in [-0.1, -0.05) is 13.0 Å². The van der Waals surface area contributed by atoms with E-state index in [0.29, 0.717) is 23.2 Å². The fourth-order valence-electron chi connectivity index (χ4n) is 2.02. The second-order valence-electron chi connectivity index (χ2n) is 4.62. The Bertz CT molecular complexity index is 715. The minimum Gasteiger partial charge on any atom is -0.348 e. The highest BCUT2D eigenvalue weighted by molar-refractivity contribution is 5.95. The molecule has 0 saturated carbocycles. The smallest absolute Gasteiger partial charge is 0.255 e. The van der Waals surface area contributed by atoms with Gasteiger partial charge in [0.25, 0.3) is 5.91 Å². The van der Waals surface area contributed by atoms with Gasteiger partial charge in [0, 0.05) is 25.4 Å². The highest BCUT2D eigenvalue weighted by atomic mass is 19.1. The molecule has 0 aliphatic rings. The summed E-state index contributed by atoms with van der Waals surface area (Å²) in [5, 5.41) is 15.5. The Kier molecular flexibility index (Phi) is 4.33. The Hall–Kier alpha value is -2.68. The van der Waals surface area contributed by atoms with Crippen molar-refractivity contribution in [3.8, 4) is 6.07 Å². The molecule has 2 aromatic rings. The molecule has 6 heteroatoms. The molecule has 1 aromatic heterocycles. The Balaban J connectivity index is 2.09. The van der Waals surface area contributed by atoms with E-state index in [9.17, 15) is 9.18 Å². The predicted molar refractivity (Wildman–Crippen MR) is 74.9 cm³/mol. The van der Waals surface area contributed by atoms with Crippen molar-refractivity contribution in [3.63, 3.8) is 0 Å². The number of hydrogen-bond donors (Lipinski definition) is 1. The minimum absolute atomic E-state index is 0.0639. The van der Waals surface area contributed by atoms with Crippen LogP contribution in [0.25, 0.3) is 0 Å². The second-order valence-corrected chi connectivity index (χ2v) is 4.62. The third-order valence-electron chi connectivity index (χ3n) is 3.11. The number of benzene rings is 1. The summed E-state index contributed by atoms with van der Waals surface area (Å²) in [6.07, 6.45) is 2.29. The van der Waals surface area contributed by atoms with Crippen molar-refractivity contribution in [1.82, 2.24) is 15.1 Å². The van der Waals surface area contributed by atoms with Gasteiger partial charge in [-0.2, -0.15) is 10.4 Å². The monoisotopic (exact) mass is 286 g/mol. The number of nitrogens with one attached hydrogen (secondary N) is 1. The first-order valence-electron chi connectivity index (χ1n) is 6.54. The molecule has 1 N–H and O–H groups in total. The maximum Gasteiger partial charge on any atom is 0.255 e. The maximum absolute atomic E-state index is 13.7. The van der Waals surface area contributed by atoms with E-state index in [1.807, 2.05) is 13.0 Å². The quantitative estimate of drug-likeness (QED) is 0.933. The first kappa shape index (κ1) is 14.7. The Morgan fingerprint density at radius 2 is 2.29 bits per heavy atom. The van der Waals surface area contributed by atoms with Gasteiger partial charge in [0.1, 0.15) is 5.82 Å². The lowest BCUT2D eigenvalue weighted by atomic mass is 10.1. The molecule has 5 nitrogen and oxygen atoms in total. The van der Waals surface area contributed by atoms with Crippen LogP contribution in [0.3, 0.4) is 0 Å². The summed E-state index contributed by atoms with van der Waals surface area (Å²) in [5.74, 6) is -0.792. The van der Waals surface area contributed by atoms with Crippen molar-refractivity contribution in [3.05, 3.63) is 52.6 Å². The van der Waals surface area contributed by atoms with Crippen molar-refractivity contribution in [1.29, 1.82) is 5.26 Å². The summed E-state index contributed by atoms with van der Waals surface area (Å²) in [5.41, 5.74) is 1.79. The normalized spacial score (nSPS) is 10.2. The standard InChI is InChI=1S/C15H15FN4O/c1-3-14-12(9-20(2)19-14)15(21)18-8-11-5-4-10(7-17)6-13(11)16/h4-6,9H,3,8H2,1-2H3,(H,18,21). The van der Waals surface area contributed by atoms with Crippen molar-refractivity contribution in [2.75, 3.05) is 0 Å². The van der Waals surface area contributed by atoms with Crippen LogP contribution in [-0.4, -0.2) is 15.7 Å². The molecule has 21 heavy (non-hydrogen) atoms. The van der Waals surface area contributed by atoms with E-state index in [1.165, 1.54) is 12.1 Å². The molecule has 108 valence electrons. The fourth-order valence-corrected chi connectivity index (χ4v) is 2.02. The highest BCUT2D eigenvalue weighted by Gasteiger charge is 2.14. The lowest BCUT2D eigenvalue weighted by molar-refractivity contribution is 0.0949. The number of rotatable bonds is 4. The molecule has 1 amide bonds. The zero-order valence-corrected chi connectivity index (χ0v) is 11.9. The van der Waals surface area contributed by atoms with Crippen molar-refractivity contribution < 1.29 is 9.18 Å². The first-order valence-corrected chi connectivity index (χ1v) is 6.54. The average molecular weight is 286 g/mol. The summed E-state index contributed by atoms with van der Waals surface area (Å²) in [4.78, 5) is 12.1. The van der Waals surface area contributed by atoms with Gasteiger partial charge in [0.15, 0.2) is 0 Å². The van der Waals surface area contributed by atoms with Gasteiger partial charge in [-0.05, 0) is 18.6 Å². The van der Waals surface area contributed by atoms with Gasteiger partial charge in [-0.25, -0.2) is 4.39 Å². The molecule has 0 bridgehead atoms. The number of hydrogen-bond acceptors (Lipinski definition) is 3. The SMILES string of the molecule is CCc1nn(C)cc1C(=O)NCc1ccc(C#N)cc1F. The Labute approximate surface area is 122 Å². The maximum atomic E-state index is 13.7. The summed E-state index contributed by atoms with van der Waals surface area (Å²) in [6, 6.07) is 6.04. The van der Waals surface area contributed by atoms with Gasteiger partial charge in [0.2, 0.25) is 0 Å². The molecule has 0 atom stereocenters. The first-order chi connectivity index (χ1) is 10.0. The molecular formula is C15H15FN4O. The molecule has 1 aromatic carbocycles. The van der Waals surface area contributed by atoms with Crippen molar-refractivity contribution >= 4 is 5.91 Å². The van der Waals surface area contributed by atoms with Crippen molar-refractivity contribution in [2.45, 2.75) is 19.9 Å². The number of aryl methyl sites for hydroxylation is 2. The zero-order chi connectivity index (χ0) is 15.4. The minimum atomic E-state index is -0.503. The Morgan fingerprint density at radius 1 is 1.52 bits per heavy atom.